The van der Waals surface area contributed by atoms with Gasteiger partial charge in [0.25, 0.3) is 11.8 Å². The summed E-state index contributed by atoms with van der Waals surface area (Å²) in [6.07, 6.45) is 0. The van der Waals surface area contributed by atoms with E-state index in [0.29, 0.717) is 6.54 Å². The number of likely N-dealkylation sites (N-methyl/N-ethyl adjacent to an activating group) is 1. The predicted molar refractivity (Wildman–Crippen MR) is 31.6 cm³/mol. The van der Waals surface area contributed by atoms with Crippen LogP contribution in [0.25, 0.3) is 0 Å². The van der Waals surface area contributed by atoms with E-state index in [4.69, 9.17) is 0 Å². The Kier molecular flexibility index (Phi) is 0.746. The molecule has 2 heterocycles. The Balaban J connectivity index is 2.35. The summed E-state index contributed by atoms with van der Waals surface area (Å²) in [5, 5.41) is 0. The fourth-order valence-electron chi connectivity index (χ4n) is 1.22. The van der Waals surface area contributed by atoms with E-state index in [1.807, 2.05) is 0 Å². The summed E-state index contributed by atoms with van der Waals surface area (Å²) in [5.41, 5.74) is 3.70. The molecule has 2 amide bonds. The molecule has 0 aromatic carbocycles. The molecule has 2 N–H and O–H groups in total. The van der Waals surface area contributed by atoms with Crippen molar-refractivity contribution in [1.82, 2.24) is 15.8 Å². The van der Waals surface area contributed by atoms with Crippen LogP contribution in [0.2, 0.25) is 0 Å². The zero-order valence-electron chi connectivity index (χ0n) is 5.47. The smallest absolute Gasteiger partial charge is 0.270 e. The number of hydrogen-bond acceptors (Lipinski definition) is 3. The highest BCUT2D eigenvalue weighted by Gasteiger charge is 2.65. The third kappa shape index (κ3) is 0.387. The Morgan fingerprint density at radius 2 is 1.80 bits per heavy atom. The SMILES string of the molecule is CN1CC12C(=O)NNC2=O. The molecule has 2 fully saturated rings. The Labute approximate surface area is 57.3 Å². The van der Waals surface area contributed by atoms with Crippen LogP contribution in [0.15, 0.2) is 0 Å². The van der Waals surface area contributed by atoms with Gasteiger partial charge in [-0.1, -0.05) is 0 Å². The Hall–Kier alpha value is -1.10. The minimum Gasteiger partial charge on any atom is -0.281 e. The lowest BCUT2D eigenvalue weighted by Crippen LogP contribution is -2.33. The van der Waals surface area contributed by atoms with Crippen LogP contribution in [0.3, 0.4) is 0 Å². The first kappa shape index (κ1) is 5.67. The largest absolute Gasteiger partial charge is 0.281 e. The first-order chi connectivity index (χ1) is 4.68. The average molecular weight is 141 g/mol. The van der Waals surface area contributed by atoms with Crippen molar-refractivity contribution in [2.75, 3.05) is 13.6 Å². The third-order valence-electron chi connectivity index (χ3n) is 2.06. The number of rotatable bonds is 0. The molecule has 0 aromatic rings. The summed E-state index contributed by atoms with van der Waals surface area (Å²) in [7, 11) is 1.74. The second-order valence-corrected chi connectivity index (χ2v) is 2.62. The first-order valence-electron chi connectivity index (χ1n) is 3.00. The van der Waals surface area contributed by atoms with Gasteiger partial charge < -0.3 is 0 Å². The number of nitrogens with zero attached hydrogens (tertiary/aromatic N) is 1. The lowest BCUT2D eigenvalue weighted by Gasteiger charge is -1.96. The summed E-state index contributed by atoms with van der Waals surface area (Å²) in [6.45, 7) is 0.532. The van der Waals surface area contributed by atoms with Crippen LogP contribution < -0.4 is 10.9 Å². The minimum absolute atomic E-state index is 0.236. The van der Waals surface area contributed by atoms with Gasteiger partial charge in [0.1, 0.15) is 0 Å². The average Bonchev–Trinajstić information content (AvgIpc) is 2.50. The van der Waals surface area contributed by atoms with Crippen LogP contribution in [0.1, 0.15) is 0 Å². The zero-order valence-corrected chi connectivity index (χ0v) is 5.47. The summed E-state index contributed by atoms with van der Waals surface area (Å²) < 4.78 is 0. The lowest BCUT2D eigenvalue weighted by atomic mass is 10.1. The van der Waals surface area contributed by atoms with Gasteiger partial charge in [-0.3, -0.25) is 25.3 Å². The highest BCUT2D eigenvalue weighted by molar-refractivity contribution is 6.17. The fourth-order valence-corrected chi connectivity index (χ4v) is 1.22. The van der Waals surface area contributed by atoms with Crippen LogP contribution in [-0.2, 0) is 9.59 Å². The van der Waals surface area contributed by atoms with Crippen molar-refractivity contribution in [2.24, 2.45) is 0 Å². The highest BCUT2D eigenvalue weighted by Crippen LogP contribution is 2.32. The van der Waals surface area contributed by atoms with E-state index in [2.05, 4.69) is 10.9 Å². The van der Waals surface area contributed by atoms with Crippen molar-refractivity contribution in [1.29, 1.82) is 0 Å². The summed E-state index contributed by atoms with van der Waals surface area (Å²) in [5.74, 6) is -0.472. The van der Waals surface area contributed by atoms with Crippen molar-refractivity contribution in [3.05, 3.63) is 0 Å². The fraction of sp³-hybridized carbons (Fsp3) is 0.600. The maximum Gasteiger partial charge on any atom is 0.270 e. The first-order valence-corrected chi connectivity index (χ1v) is 3.00. The van der Waals surface area contributed by atoms with Crippen molar-refractivity contribution in [3.8, 4) is 0 Å². The van der Waals surface area contributed by atoms with Gasteiger partial charge in [-0.15, -0.1) is 0 Å². The standard InChI is InChI=1S/C5H7N3O2/c1-8-2-5(8)3(9)6-7-4(5)10/h2H2,1H3,(H,6,9)(H,7,10). The number of carbonyl (C=O) groups is 2. The molecule has 0 bridgehead atoms. The van der Waals surface area contributed by atoms with Gasteiger partial charge in [-0.25, -0.2) is 0 Å². The molecular formula is C5H7N3O2. The van der Waals surface area contributed by atoms with Crippen molar-refractivity contribution < 1.29 is 9.59 Å². The molecule has 10 heavy (non-hydrogen) atoms. The van der Waals surface area contributed by atoms with E-state index < -0.39 is 5.54 Å². The second kappa shape index (κ2) is 1.32. The van der Waals surface area contributed by atoms with Gasteiger partial charge in [-0.05, 0) is 7.05 Å². The van der Waals surface area contributed by atoms with Crippen LogP contribution in [0.5, 0.6) is 0 Å². The molecule has 2 aliphatic heterocycles. The predicted octanol–water partition coefficient (Wildman–Crippen LogP) is -2.17. The highest BCUT2D eigenvalue weighted by atomic mass is 16.2. The van der Waals surface area contributed by atoms with Gasteiger partial charge in [0.2, 0.25) is 0 Å². The molecule has 1 atom stereocenters. The Bertz CT molecular complexity index is 209. The molecule has 2 saturated heterocycles. The van der Waals surface area contributed by atoms with Gasteiger partial charge in [-0.2, -0.15) is 0 Å². The minimum atomic E-state index is -0.847. The molecule has 0 radical (unpaired) electrons. The molecule has 5 heteroatoms. The van der Waals surface area contributed by atoms with Crippen LogP contribution in [0.4, 0.5) is 0 Å². The van der Waals surface area contributed by atoms with Gasteiger partial charge in [0.05, 0.1) is 0 Å². The molecule has 54 valence electrons. The van der Waals surface area contributed by atoms with E-state index in [9.17, 15) is 9.59 Å². The topological polar surface area (TPSA) is 61.2 Å². The van der Waals surface area contributed by atoms with E-state index in [1.165, 1.54) is 0 Å². The van der Waals surface area contributed by atoms with E-state index in [0.717, 1.165) is 0 Å². The molecule has 0 saturated carbocycles. The van der Waals surface area contributed by atoms with Crippen LogP contribution in [-0.4, -0.2) is 35.8 Å². The van der Waals surface area contributed by atoms with E-state index in [1.54, 1.807) is 11.9 Å². The molecule has 2 rings (SSSR count). The number of hydrogen-bond donors (Lipinski definition) is 2. The summed E-state index contributed by atoms with van der Waals surface area (Å²) in [4.78, 5) is 23.6. The Morgan fingerprint density at radius 3 is 2.00 bits per heavy atom. The molecule has 1 unspecified atom stereocenters. The maximum absolute atomic E-state index is 10.9. The van der Waals surface area contributed by atoms with Crippen molar-refractivity contribution >= 4 is 11.8 Å². The molecule has 0 aliphatic carbocycles. The number of amides is 2. The van der Waals surface area contributed by atoms with Crippen molar-refractivity contribution in [2.45, 2.75) is 5.54 Å². The van der Waals surface area contributed by atoms with Gasteiger partial charge in [0.15, 0.2) is 5.54 Å². The summed E-state index contributed by atoms with van der Waals surface area (Å²) >= 11 is 0. The molecule has 2 aliphatic rings. The zero-order chi connectivity index (χ0) is 7.35. The third-order valence-corrected chi connectivity index (χ3v) is 2.06. The monoisotopic (exact) mass is 141 g/mol. The van der Waals surface area contributed by atoms with Crippen LogP contribution >= 0.6 is 0 Å². The molecule has 0 aromatic heterocycles. The normalized spacial score (nSPS) is 33.9. The van der Waals surface area contributed by atoms with Gasteiger partial charge in [0, 0.05) is 6.54 Å². The van der Waals surface area contributed by atoms with E-state index in [-0.39, 0.29) is 11.8 Å². The number of hydrazine groups is 1. The number of nitrogens with one attached hydrogen (secondary N) is 2. The summed E-state index contributed by atoms with van der Waals surface area (Å²) in [6, 6.07) is 0. The Morgan fingerprint density at radius 1 is 1.40 bits per heavy atom. The van der Waals surface area contributed by atoms with Gasteiger partial charge >= 0.3 is 0 Å². The van der Waals surface area contributed by atoms with E-state index >= 15 is 0 Å². The maximum atomic E-state index is 10.9. The lowest BCUT2D eigenvalue weighted by molar-refractivity contribution is -0.127. The molecular weight excluding hydrogens is 134 g/mol. The molecule has 5 nitrogen and oxygen atoms in total. The number of carbonyl (C=O) groups excluding carboxylic acids is 2. The second-order valence-electron chi connectivity index (χ2n) is 2.62. The molecule has 1 spiro atoms. The quantitative estimate of drug-likeness (QED) is 0.298. The van der Waals surface area contributed by atoms with Crippen LogP contribution in [0, 0.1) is 0 Å². The van der Waals surface area contributed by atoms with Crippen molar-refractivity contribution in [3.63, 3.8) is 0 Å².